The van der Waals surface area contributed by atoms with E-state index in [2.05, 4.69) is 10.3 Å². The van der Waals surface area contributed by atoms with Gasteiger partial charge in [-0.25, -0.2) is 0 Å². The fraction of sp³-hybridized carbons (Fsp3) is 0.333. The fourth-order valence-electron chi connectivity index (χ4n) is 3.28. The van der Waals surface area contributed by atoms with Gasteiger partial charge in [-0.05, 0) is 30.5 Å². The number of amides is 2. The zero-order chi connectivity index (χ0) is 19.1. The van der Waals surface area contributed by atoms with Crippen molar-refractivity contribution in [2.75, 3.05) is 6.54 Å². The molecule has 1 N–H and O–H groups in total. The second-order valence-corrected chi connectivity index (χ2v) is 6.61. The molecule has 1 unspecified atom stereocenters. The van der Waals surface area contributed by atoms with Crippen molar-refractivity contribution in [1.82, 2.24) is 15.2 Å². The molecule has 6 nitrogen and oxygen atoms in total. The van der Waals surface area contributed by atoms with Crippen LogP contribution in [-0.4, -0.2) is 40.1 Å². The van der Waals surface area contributed by atoms with Crippen molar-refractivity contribution in [3.63, 3.8) is 0 Å². The number of nitrogens with one attached hydrogen (secondary N) is 1. The molecule has 6 heteroatoms. The maximum absolute atomic E-state index is 12.5. The van der Waals surface area contributed by atoms with Crippen LogP contribution < -0.4 is 5.32 Å². The van der Waals surface area contributed by atoms with Gasteiger partial charge in [0.1, 0.15) is 6.04 Å². The van der Waals surface area contributed by atoms with Crippen LogP contribution in [-0.2, 0) is 16.1 Å². The van der Waals surface area contributed by atoms with Crippen LogP contribution >= 0.6 is 0 Å². The minimum atomic E-state index is -0.449. The highest BCUT2D eigenvalue weighted by Gasteiger charge is 2.33. The molecule has 2 aromatic rings. The van der Waals surface area contributed by atoms with Gasteiger partial charge in [0.2, 0.25) is 11.8 Å². The number of hydrogen-bond acceptors (Lipinski definition) is 4. The zero-order valence-corrected chi connectivity index (χ0v) is 15.1. The summed E-state index contributed by atoms with van der Waals surface area (Å²) < 4.78 is 0. The summed E-state index contributed by atoms with van der Waals surface area (Å²) in [4.78, 5) is 42.7. The number of ketones is 1. The minimum absolute atomic E-state index is 0.107. The molecule has 0 spiro atoms. The molecule has 2 amide bonds. The lowest BCUT2D eigenvalue weighted by atomic mass is 10.1. The van der Waals surface area contributed by atoms with Crippen LogP contribution in [0.3, 0.4) is 0 Å². The van der Waals surface area contributed by atoms with Gasteiger partial charge in [-0.3, -0.25) is 19.4 Å². The SMILES string of the molecule is O=C(CCC(=O)N1CCCC1C(=O)NCc1ccccc1)c1cccnc1. The quantitative estimate of drug-likeness (QED) is 0.764. The van der Waals surface area contributed by atoms with Gasteiger partial charge in [0.05, 0.1) is 0 Å². The predicted octanol–water partition coefficient (Wildman–Crippen LogP) is 2.35. The lowest BCUT2D eigenvalue weighted by molar-refractivity contribution is -0.138. The smallest absolute Gasteiger partial charge is 0.243 e. The molecular weight excluding hydrogens is 342 g/mol. The maximum atomic E-state index is 12.5. The lowest BCUT2D eigenvalue weighted by Gasteiger charge is -2.24. The molecule has 0 saturated carbocycles. The molecular formula is C21H23N3O3. The highest BCUT2D eigenvalue weighted by molar-refractivity contribution is 5.98. The van der Waals surface area contributed by atoms with Gasteiger partial charge in [-0.1, -0.05) is 30.3 Å². The predicted molar refractivity (Wildman–Crippen MR) is 101 cm³/mol. The Kier molecular flexibility index (Phi) is 6.30. The molecule has 1 fully saturated rings. The molecule has 0 bridgehead atoms. The summed E-state index contributed by atoms with van der Waals surface area (Å²) in [5.41, 5.74) is 1.52. The molecule has 140 valence electrons. The van der Waals surface area contributed by atoms with Gasteiger partial charge in [-0.15, -0.1) is 0 Å². The van der Waals surface area contributed by atoms with E-state index in [9.17, 15) is 14.4 Å². The Bertz CT molecular complexity index is 793. The molecule has 27 heavy (non-hydrogen) atoms. The standard InChI is InChI=1S/C21H23N3O3/c25-19(17-8-4-12-22-15-17)10-11-20(26)24-13-5-9-18(24)21(27)23-14-16-6-2-1-3-7-16/h1-4,6-8,12,15,18H,5,9-11,13-14H2,(H,23,27). The van der Waals surface area contributed by atoms with Crippen LogP contribution in [0.5, 0.6) is 0 Å². The molecule has 1 aromatic heterocycles. The number of hydrogen-bond donors (Lipinski definition) is 1. The first kappa shape index (κ1) is 18.8. The van der Waals surface area contributed by atoms with Crippen LogP contribution in [0.1, 0.15) is 41.6 Å². The number of pyridine rings is 1. The van der Waals surface area contributed by atoms with Crippen LogP contribution in [0.2, 0.25) is 0 Å². The lowest BCUT2D eigenvalue weighted by Crippen LogP contribution is -2.45. The molecule has 1 aliphatic rings. The largest absolute Gasteiger partial charge is 0.350 e. The van der Waals surface area contributed by atoms with Crippen LogP contribution in [0.25, 0.3) is 0 Å². The first-order valence-corrected chi connectivity index (χ1v) is 9.19. The Morgan fingerprint density at radius 3 is 2.63 bits per heavy atom. The molecule has 0 radical (unpaired) electrons. The fourth-order valence-corrected chi connectivity index (χ4v) is 3.28. The third kappa shape index (κ3) is 5.00. The van der Waals surface area contributed by atoms with Gasteiger partial charge in [-0.2, -0.15) is 0 Å². The average Bonchev–Trinajstić information content (AvgIpc) is 3.21. The van der Waals surface area contributed by atoms with Gasteiger partial charge in [0, 0.05) is 43.9 Å². The van der Waals surface area contributed by atoms with Crippen LogP contribution in [0.15, 0.2) is 54.9 Å². The van der Waals surface area contributed by atoms with Crippen molar-refractivity contribution in [2.45, 2.75) is 38.3 Å². The summed E-state index contributed by atoms with van der Waals surface area (Å²) in [6, 6.07) is 12.6. The summed E-state index contributed by atoms with van der Waals surface area (Å²) in [6.07, 6.45) is 4.79. The summed E-state index contributed by atoms with van der Waals surface area (Å²) in [6.45, 7) is 1.00. The topological polar surface area (TPSA) is 79.4 Å². The molecule has 1 atom stereocenters. The summed E-state index contributed by atoms with van der Waals surface area (Å²) in [5, 5.41) is 2.91. The number of nitrogens with zero attached hydrogens (tertiary/aromatic N) is 2. The van der Waals surface area contributed by atoms with E-state index < -0.39 is 6.04 Å². The third-order valence-electron chi connectivity index (χ3n) is 4.73. The summed E-state index contributed by atoms with van der Waals surface area (Å²) in [7, 11) is 0. The van der Waals surface area contributed by atoms with E-state index in [-0.39, 0.29) is 30.4 Å². The number of Topliss-reactive ketones (excluding diaryl/α,β-unsaturated/α-hetero) is 1. The van der Waals surface area contributed by atoms with E-state index in [1.807, 2.05) is 30.3 Å². The second-order valence-electron chi connectivity index (χ2n) is 6.61. The molecule has 2 heterocycles. The van der Waals surface area contributed by atoms with Gasteiger partial charge in [0.15, 0.2) is 5.78 Å². The Labute approximate surface area is 158 Å². The molecule has 1 aliphatic heterocycles. The highest BCUT2D eigenvalue weighted by atomic mass is 16.2. The first-order chi connectivity index (χ1) is 13.1. The van der Waals surface area contributed by atoms with Crippen LogP contribution in [0, 0.1) is 0 Å². The van der Waals surface area contributed by atoms with E-state index >= 15 is 0 Å². The van der Waals surface area contributed by atoms with Crippen LogP contribution in [0.4, 0.5) is 0 Å². The highest BCUT2D eigenvalue weighted by Crippen LogP contribution is 2.19. The average molecular weight is 365 g/mol. The number of carbonyl (C=O) groups is 3. The van der Waals surface area contributed by atoms with E-state index in [1.165, 1.54) is 6.20 Å². The van der Waals surface area contributed by atoms with Gasteiger partial charge >= 0.3 is 0 Å². The van der Waals surface area contributed by atoms with Gasteiger partial charge < -0.3 is 10.2 Å². The van der Waals surface area contributed by atoms with E-state index in [0.29, 0.717) is 25.1 Å². The monoisotopic (exact) mass is 365 g/mol. The maximum Gasteiger partial charge on any atom is 0.243 e. The minimum Gasteiger partial charge on any atom is -0.350 e. The number of rotatable bonds is 7. The number of likely N-dealkylation sites (tertiary alicyclic amines) is 1. The van der Waals surface area contributed by atoms with Crippen molar-refractivity contribution in [2.24, 2.45) is 0 Å². The Balaban J connectivity index is 1.51. The number of aromatic nitrogens is 1. The molecule has 3 rings (SSSR count). The molecule has 1 aromatic carbocycles. The number of benzene rings is 1. The Morgan fingerprint density at radius 2 is 1.89 bits per heavy atom. The van der Waals surface area contributed by atoms with Crippen molar-refractivity contribution in [3.8, 4) is 0 Å². The molecule has 1 saturated heterocycles. The Hall–Kier alpha value is -3.02. The van der Waals surface area contributed by atoms with Gasteiger partial charge in [0.25, 0.3) is 0 Å². The van der Waals surface area contributed by atoms with E-state index in [0.717, 1.165) is 12.0 Å². The second kappa shape index (κ2) is 9.07. The normalized spacial score (nSPS) is 16.1. The summed E-state index contributed by atoms with van der Waals surface area (Å²) >= 11 is 0. The number of carbonyl (C=O) groups excluding carboxylic acids is 3. The first-order valence-electron chi connectivity index (χ1n) is 9.19. The molecule has 0 aliphatic carbocycles. The van der Waals surface area contributed by atoms with Crippen molar-refractivity contribution in [3.05, 3.63) is 66.0 Å². The van der Waals surface area contributed by atoms with Crippen molar-refractivity contribution >= 4 is 17.6 Å². The van der Waals surface area contributed by atoms with Crippen molar-refractivity contribution < 1.29 is 14.4 Å². The van der Waals surface area contributed by atoms with E-state index in [1.54, 1.807) is 23.2 Å². The third-order valence-corrected chi connectivity index (χ3v) is 4.73. The van der Waals surface area contributed by atoms with E-state index in [4.69, 9.17) is 0 Å². The summed E-state index contributed by atoms with van der Waals surface area (Å²) in [5.74, 6) is -0.395. The van der Waals surface area contributed by atoms with Crippen molar-refractivity contribution in [1.29, 1.82) is 0 Å². The zero-order valence-electron chi connectivity index (χ0n) is 15.1. The Morgan fingerprint density at radius 1 is 1.07 bits per heavy atom.